The molecular formula is C6H7N3. The maximum atomic E-state index is 5.14. The third kappa shape index (κ3) is 1.59. The van der Waals surface area contributed by atoms with E-state index in [0.717, 1.165) is 5.69 Å². The fraction of sp³-hybridized carbons (Fsp3) is 0.167. The fourth-order valence-corrected chi connectivity index (χ4v) is 0.472. The standard InChI is InChI=1S/C6H7N3/c7-4-1-2-6-3-5-8-9-6/h3,5H,4,7H2,(H,8,9). The highest BCUT2D eigenvalue weighted by molar-refractivity contribution is 5.25. The van der Waals surface area contributed by atoms with Gasteiger partial charge in [-0.2, -0.15) is 5.10 Å². The van der Waals surface area contributed by atoms with Crippen molar-refractivity contribution in [2.24, 2.45) is 5.73 Å². The minimum Gasteiger partial charge on any atom is -0.320 e. The first-order valence-electron chi connectivity index (χ1n) is 2.62. The monoisotopic (exact) mass is 121 g/mol. The first-order valence-corrected chi connectivity index (χ1v) is 2.62. The van der Waals surface area contributed by atoms with Crippen LogP contribution in [0.1, 0.15) is 5.69 Å². The summed E-state index contributed by atoms with van der Waals surface area (Å²) in [6, 6.07) is 1.79. The summed E-state index contributed by atoms with van der Waals surface area (Å²) >= 11 is 0. The minimum absolute atomic E-state index is 0.388. The van der Waals surface area contributed by atoms with E-state index in [4.69, 9.17) is 5.73 Å². The molecule has 0 radical (unpaired) electrons. The third-order valence-electron chi connectivity index (χ3n) is 0.826. The molecule has 46 valence electrons. The highest BCUT2D eigenvalue weighted by atomic mass is 15.1. The zero-order valence-corrected chi connectivity index (χ0v) is 4.89. The second kappa shape index (κ2) is 2.90. The summed E-state index contributed by atoms with van der Waals surface area (Å²) in [4.78, 5) is 0. The van der Waals surface area contributed by atoms with Gasteiger partial charge in [-0.05, 0) is 12.0 Å². The predicted molar refractivity (Wildman–Crippen MR) is 34.5 cm³/mol. The van der Waals surface area contributed by atoms with Crippen LogP contribution in [0, 0.1) is 11.8 Å². The second-order valence-corrected chi connectivity index (χ2v) is 1.48. The average Bonchev–Trinajstić information content (AvgIpc) is 2.34. The lowest BCUT2D eigenvalue weighted by molar-refractivity contribution is 1.08. The van der Waals surface area contributed by atoms with Gasteiger partial charge in [0.2, 0.25) is 0 Å². The molecule has 1 aromatic rings. The van der Waals surface area contributed by atoms with Gasteiger partial charge in [0.25, 0.3) is 0 Å². The molecule has 0 aliphatic heterocycles. The molecule has 0 bridgehead atoms. The number of aromatic amines is 1. The molecule has 1 rings (SSSR count). The van der Waals surface area contributed by atoms with Crippen LogP contribution in [-0.4, -0.2) is 16.7 Å². The zero-order valence-electron chi connectivity index (χ0n) is 4.89. The summed E-state index contributed by atoms with van der Waals surface area (Å²) < 4.78 is 0. The maximum Gasteiger partial charge on any atom is 0.107 e. The highest BCUT2D eigenvalue weighted by Gasteiger charge is 1.80. The number of aromatic nitrogens is 2. The largest absolute Gasteiger partial charge is 0.320 e. The van der Waals surface area contributed by atoms with Crippen LogP contribution in [0.2, 0.25) is 0 Å². The lowest BCUT2D eigenvalue weighted by Crippen LogP contribution is -1.92. The van der Waals surface area contributed by atoms with Crippen LogP contribution in [0.25, 0.3) is 0 Å². The van der Waals surface area contributed by atoms with E-state index in [1.165, 1.54) is 0 Å². The van der Waals surface area contributed by atoms with Crippen molar-refractivity contribution < 1.29 is 0 Å². The van der Waals surface area contributed by atoms with Crippen molar-refractivity contribution in [2.75, 3.05) is 6.54 Å². The van der Waals surface area contributed by atoms with Crippen LogP contribution in [-0.2, 0) is 0 Å². The second-order valence-electron chi connectivity index (χ2n) is 1.48. The molecule has 3 N–H and O–H groups in total. The first kappa shape index (κ1) is 5.86. The van der Waals surface area contributed by atoms with Crippen molar-refractivity contribution in [3.63, 3.8) is 0 Å². The smallest absolute Gasteiger partial charge is 0.107 e. The van der Waals surface area contributed by atoms with Crippen molar-refractivity contribution in [2.45, 2.75) is 0 Å². The molecule has 1 aromatic heterocycles. The van der Waals surface area contributed by atoms with Gasteiger partial charge in [-0.25, -0.2) is 0 Å². The van der Waals surface area contributed by atoms with Gasteiger partial charge < -0.3 is 5.73 Å². The Bertz CT molecular complexity index is 214. The normalized spacial score (nSPS) is 8.11. The van der Waals surface area contributed by atoms with E-state index in [-0.39, 0.29) is 0 Å². The number of hydrogen-bond acceptors (Lipinski definition) is 2. The van der Waals surface area contributed by atoms with Gasteiger partial charge >= 0.3 is 0 Å². The highest BCUT2D eigenvalue weighted by Crippen LogP contribution is 1.84. The summed E-state index contributed by atoms with van der Waals surface area (Å²) in [6.45, 7) is 0.388. The van der Waals surface area contributed by atoms with Gasteiger partial charge in [-0.3, -0.25) is 5.10 Å². The number of hydrogen-bond donors (Lipinski definition) is 2. The number of nitrogens with zero attached hydrogens (tertiary/aromatic N) is 1. The summed E-state index contributed by atoms with van der Waals surface area (Å²) in [7, 11) is 0. The van der Waals surface area contributed by atoms with Crippen molar-refractivity contribution in [1.29, 1.82) is 0 Å². The molecule has 0 fully saturated rings. The molecule has 0 amide bonds. The first-order chi connectivity index (χ1) is 4.43. The van der Waals surface area contributed by atoms with E-state index in [9.17, 15) is 0 Å². The van der Waals surface area contributed by atoms with Gasteiger partial charge in [-0.1, -0.05) is 5.92 Å². The van der Waals surface area contributed by atoms with E-state index in [2.05, 4.69) is 22.0 Å². The zero-order chi connectivity index (χ0) is 6.53. The predicted octanol–water partition coefficient (Wildman–Crippen LogP) is -0.280. The van der Waals surface area contributed by atoms with Gasteiger partial charge in [0.05, 0.1) is 6.54 Å². The Kier molecular flexibility index (Phi) is 1.89. The van der Waals surface area contributed by atoms with Crippen LogP contribution in [0.5, 0.6) is 0 Å². The van der Waals surface area contributed by atoms with Crippen molar-refractivity contribution in [1.82, 2.24) is 10.2 Å². The third-order valence-corrected chi connectivity index (χ3v) is 0.826. The number of rotatable bonds is 0. The Hall–Kier alpha value is -1.27. The van der Waals surface area contributed by atoms with Gasteiger partial charge in [0.1, 0.15) is 5.69 Å². The van der Waals surface area contributed by atoms with Crippen LogP contribution in [0.15, 0.2) is 12.3 Å². The Labute approximate surface area is 53.3 Å². The summed E-state index contributed by atoms with van der Waals surface area (Å²) in [5.41, 5.74) is 5.94. The van der Waals surface area contributed by atoms with Crippen molar-refractivity contribution in [3.8, 4) is 11.8 Å². The van der Waals surface area contributed by atoms with Gasteiger partial charge in [0.15, 0.2) is 0 Å². The molecule has 3 heteroatoms. The molecule has 0 atom stereocenters. The fourth-order valence-electron chi connectivity index (χ4n) is 0.472. The summed E-state index contributed by atoms with van der Waals surface area (Å²) in [5.74, 6) is 5.49. The van der Waals surface area contributed by atoms with E-state index < -0.39 is 0 Å². The van der Waals surface area contributed by atoms with Crippen molar-refractivity contribution in [3.05, 3.63) is 18.0 Å². The quantitative estimate of drug-likeness (QED) is 0.464. The molecule has 0 unspecified atom stereocenters. The Morgan fingerprint density at radius 3 is 3.22 bits per heavy atom. The molecule has 1 heterocycles. The average molecular weight is 121 g/mol. The van der Waals surface area contributed by atoms with Crippen molar-refractivity contribution >= 4 is 0 Å². The number of nitrogens with two attached hydrogens (primary N) is 1. The molecule has 0 spiro atoms. The molecular weight excluding hydrogens is 114 g/mol. The Morgan fingerprint density at radius 2 is 2.67 bits per heavy atom. The molecule has 9 heavy (non-hydrogen) atoms. The summed E-state index contributed by atoms with van der Waals surface area (Å²) in [5, 5.41) is 6.40. The van der Waals surface area contributed by atoms with E-state index in [1.54, 1.807) is 12.3 Å². The Morgan fingerprint density at radius 1 is 1.78 bits per heavy atom. The molecule has 0 aliphatic rings. The molecule has 0 aromatic carbocycles. The van der Waals surface area contributed by atoms with E-state index >= 15 is 0 Å². The Balaban J connectivity index is 2.67. The molecule has 3 nitrogen and oxygen atoms in total. The lowest BCUT2D eigenvalue weighted by atomic mass is 10.4. The SMILES string of the molecule is NCC#Cc1ccn[nH]1. The van der Waals surface area contributed by atoms with Crippen LogP contribution >= 0.6 is 0 Å². The molecule has 0 saturated carbocycles. The van der Waals surface area contributed by atoms with Gasteiger partial charge in [-0.15, -0.1) is 0 Å². The molecule has 0 aliphatic carbocycles. The lowest BCUT2D eigenvalue weighted by Gasteiger charge is -1.73. The number of nitrogens with one attached hydrogen (secondary N) is 1. The van der Waals surface area contributed by atoms with Gasteiger partial charge in [0, 0.05) is 6.20 Å². The van der Waals surface area contributed by atoms with E-state index in [1.807, 2.05) is 0 Å². The van der Waals surface area contributed by atoms with E-state index in [0.29, 0.717) is 6.54 Å². The minimum atomic E-state index is 0.388. The molecule has 0 saturated heterocycles. The van der Waals surface area contributed by atoms with Crippen LogP contribution in [0.3, 0.4) is 0 Å². The maximum absolute atomic E-state index is 5.14. The van der Waals surface area contributed by atoms with Crippen LogP contribution in [0.4, 0.5) is 0 Å². The topological polar surface area (TPSA) is 54.7 Å². The number of H-pyrrole nitrogens is 1. The van der Waals surface area contributed by atoms with Crippen LogP contribution < -0.4 is 5.73 Å². The summed E-state index contributed by atoms with van der Waals surface area (Å²) in [6.07, 6.45) is 1.65.